The Morgan fingerprint density at radius 3 is 2.73 bits per heavy atom. The van der Waals surface area contributed by atoms with Crippen LogP contribution >= 0.6 is 11.6 Å². The van der Waals surface area contributed by atoms with Crippen LogP contribution in [-0.2, 0) is 6.54 Å². The van der Waals surface area contributed by atoms with Gasteiger partial charge in [0.05, 0.1) is 5.69 Å². The molecule has 0 amide bonds. The third kappa shape index (κ3) is 3.91. The molecule has 0 atom stereocenters. The number of halogens is 1. The number of aromatic nitrogens is 4. The molecule has 0 aliphatic rings. The van der Waals surface area contributed by atoms with Crippen molar-refractivity contribution in [2.45, 2.75) is 6.54 Å². The second-order valence-electron chi connectivity index (χ2n) is 6.16. The SMILES string of the molecule is O=c1[nH]c(=O)n(-c2cccc(Cl)c2)c(O)c1C=NCc1noc(-c2ccccc2)n1. The molecule has 0 saturated heterocycles. The van der Waals surface area contributed by atoms with Crippen molar-refractivity contribution in [2.24, 2.45) is 4.99 Å². The molecule has 4 aromatic rings. The van der Waals surface area contributed by atoms with Gasteiger partial charge in [-0.05, 0) is 30.3 Å². The summed E-state index contributed by atoms with van der Waals surface area (Å²) in [6, 6.07) is 15.5. The predicted octanol–water partition coefficient (Wildman–Crippen LogP) is 2.55. The van der Waals surface area contributed by atoms with Crippen LogP contribution in [0.5, 0.6) is 5.88 Å². The minimum Gasteiger partial charge on any atom is -0.493 e. The summed E-state index contributed by atoms with van der Waals surface area (Å²) in [4.78, 5) is 34.8. The lowest BCUT2D eigenvalue weighted by Crippen LogP contribution is -2.31. The van der Waals surface area contributed by atoms with Crippen molar-refractivity contribution in [2.75, 3.05) is 0 Å². The van der Waals surface area contributed by atoms with Crippen molar-refractivity contribution in [1.82, 2.24) is 19.7 Å². The quantitative estimate of drug-likeness (QED) is 0.475. The van der Waals surface area contributed by atoms with E-state index in [9.17, 15) is 14.7 Å². The molecule has 0 saturated carbocycles. The summed E-state index contributed by atoms with van der Waals surface area (Å²) >= 11 is 5.95. The van der Waals surface area contributed by atoms with Gasteiger partial charge in [0, 0.05) is 16.8 Å². The molecular weight excluding hydrogens is 410 g/mol. The van der Waals surface area contributed by atoms with E-state index in [1.54, 1.807) is 18.2 Å². The van der Waals surface area contributed by atoms with E-state index in [4.69, 9.17) is 16.1 Å². The molecule has 2 N–H and O–H groups in total. The highest BCUT2D eigenvalue weighted by Gasteiger charge is 2.14. The van der Waals surface area contributed by atoms with Gasteiger partial charge in [0.1, 0.15) is 12.1 Å². The van der Waals surface area contributed by atoms with Gasteiger partial charge in [-0.3, -0.25) is 14.8 Å². The molecule has 150 valence electrons. The average Bonchev–Trinajstić information content (AvgIpc) is 3.20. The van der Waals surface area contributed by atoms with Gasteiger partial charge < -0.3 is 9.63 Å². The maximum absolute atomic E-state index is 12.2. The largest absolute Gasteiger partial charge is 0.493 e. The van der Waals surface area contributed by atoms with Crippen molar-refractivity contribution in [3.05, 3.63) is 91.8 Å². The standard InChI is InChI=1S/C20H14ClN5O4/c21-13-7-4-8-14(9-13)26-19(28)15(17(27)24-20(26)29)10-22-11-16-23-18(30-25-16)12-5-2-1-3-6-12/h1-10,28H,11H2,(H,24,27,29). The Bertz CT molecular complexity index is 1340. The van der Waals surface area contributed by atoms with Crippen LogP contribution in [0.25, 0.3) is 17.1 Å². The van der Waals surface area contributed by atoms with Crippen molar-refractivity contribution >= 4 is 17.8 Å². The summed E-state index contributed by atoms with van der Waals surface area (Å²) in [6.07, 6.45) is 1.15. The smallest absolute Gasteiger partial charge is 0.335 e. The fraction of sp³-hybridized carbons (Fsp3) is 0.0500. The van der Waals surface area contributed by atoms with E-state index < -0.39 is 17.1 Å². The average molecular weight is 424 g/mol. The molecule has 2 aromatic carbocycles. The zero-order valence-electron chi connectivity index (χ0n) is 15.3. The second-order valence-corrected chi connectivity index (χ2v) is 6.60. The molecular formula is C20H14ClN5O4. The van der Waals surface area contributed by atoms with Crippen LogP contribution in [0.2, 0.25) is 5.02 Å². The third-order valence-electron chi connectivity index (χ3n) is 4.13. The van der Waals surface area contributed by atoms with Crippen molar-refractivity contribution in [3.8, 4) is 23.0 Å². The number of rotatable bonds is 5. The van der Waals surface area contributed by atoms with Crippen LogP contribution in [0.3, 0.4) is 0 Å². The highest BCUT2D eigenvalue weighted by atomic mass is 35.5. The summed E-state index contributed by atoms with van der Waals surface area (Å²) in [5, 5.41) is 14.7. The lowest BCUT2D eigenvalue weighted by molar-refractivity contribution is 0.423. The number of nitrogens with zero attached hydrogens (tertiary/aromatic N) is 4. The number of aromatic amines is 1. The normalized spacial score (nSPS) is 11.2. The molecule has 0 fully saturated rings. The highest BCUT2D eigenvalue weighted by Crippen LogP contribution is 2.19. The van der Waals surface area contributed by atoms with Crippen LogP contribution < -0.4 is 11.2 Å². The van der Waals surface area contributed by atoms with Gasteiger partial charge in [-0.25, -0.2) is 9.36 Å². The molecule has 0 aliphatic carbocycles. The van der Waals surface area contributed by atoms with Crippen LogP contribution in [0, 0.1) is 0 Å². The summed E-state index contributed by atoms with van der Waals surface area (Å²) < 4.78 is 6.12. The number of benzene rings is 2. The van der Waals surface area contributed by atoms with Crippen LogP contribution in [0.15, 0.2) is 73.7 Å². The number of aliphatic imine (C=N–C) groups is 1. The van der Waals surface area contributed by atoms with E-state index in [1.165, 1.54) is 6.07 Å². The Labute approximate surface area is 173 Å². The van der Waals surface area contributed by atoms with E-state index in [0.29, 0.717) is 22.4 Å². The first-order valence-electron chi connectivity index (χ1n) is 8.75. The van der Waals surface area contributed by atoms with Crippen molar-refractivity contribution < 1.29 is 9.63 Å². The van der Waals surface area contributed by atoms with Gasteiger partial charge in [0.25, 0.3) is 11.4 Å². The van der Waals surface area contributed by atoms with Gasteiger partial charge in [0.2, 0.25) is 5.88 Å². The van der Waals surface area contributed by atoms with Gasteiger partial charge in [-0.2, -0.15) is 4.98 Å². The molecule has 0 spiro atoms. The number of hydrogen-bond acceptors (Lipinski definition) is 7. The maximum Gasteiger partial charge on any atom is 0.335 e. The fourth-order valence-electron chi connectivity index (χ4n) is 2.74. The zero-order valence-corrected chi connectivity index (χ0v) is 16.1. The molecule has 0 unspecified atom stereocenters. The van der Waals surface area contributed by atoms with Gasteiger partial charge in [-0.1, -0.05) is 41.0 Å². The fourth-order valence-corrected chi connectivity index (χ4v) is 2.93. The molecule has 2 heterocycles. The van der Waals surface area contributed by atoms with Crippen LogP contribution in [-0.4, -0.2) is 31.0 Å². The molecule has 0 bridgehead atoms. The van der Waals surface area contributed by atoms with Crippen LogP contribution in [0.4, 0.5) is 0 Å². The van der Waals surface area contributed by atoms with E-state index in [1.807, 2.05) is 30.3 Å². The number of nitrogens with one attached hydrogen (secondary N) is 1. The van der Waals surface area contributed by atoms with Crippen molar-refractivity contribution in [3.63, 3.8) is 0 Å². The number of H-pyrrole nitrogens is 1. The second kappa shape index (κ2) is 8.18. The predicted molar refractivity (Wildman–Crippen MR) is 110 cm³/mol. The zero-order chi connectivity index (χ0) is 21.1. The summed E-state index contributed by atoms with van der Waals surface area (Å²) in [6.45, 7) is 0.00546. The van der Waals surface area contributed by atoms with Gasteiger partial charge >= 0.3 is 5.69 Å². The lowest BCUT2D eigenvalue weighted by atomic mass is 10.2. The molecule has 0 radical (unpaired) electrons. The first-order chi connectivity index (χ1) is 14.5. The first kappa shape index (κ1) is 19.3. The third-order valence-corrected chi connectivity index (χ3v) is 4.36. The maximum atomic E-state index is 12.2. The number of hydrogen-bond donors (Lipinski definition) is 2. The number of aromatic hydroxyl groups is 1. The molecule has 2 aromatic heterocycles. The monoisotopic (exact) mass is 423 g/mol. The van der Waals surface area contributed by atoms with E-state index >= 15 is 0 Å². The molecule has 10 heteroatoms. The Morgan fingerprint density at radius 2 is 1.97 bits per heavy atom. The lowest BCUT2D eigenvalue weighted by Gasteiger charge is -2.09. The van der Waals surface area contributed by atoms with Crippen molar-refractivity contribution in [1.29, 1.82) is 0 Å². The molecule has 0 aliphatic heterocycles. The highest BCUT2D eigenvalue weighted by molar-refractivity contribution is 6.30. The Kier molecular flexibility index (Phi) is 5.27. The Balaban J connectivity index is 1.61. The van der Waals surface area contributed by atoms with Gasteiger partial charge in [0.15, 0.2) is 5.82 Å². The summed E-state index contributed by atoms with van der Waals surface area (Å²) in [5.41, 5.74) is -0.717. The van der Waals surface area contributed by atoms with Gasteiger partial charge in [-0.15, -0.1) is 0 Å². The Hall–Kier alpha value is -3.98. The summed E-state index contributed by atoms with van der Waals surface area (Å²) in [7, 11) is 0. The van der Waals surface area contributed by atoms with E-state index in [2.05, 4.69) is 20.1 Å². The molecule has 4 rings (SSSR count). The Morgan fingerprint density at radius 1 is 1.17 bits per heavy atom. The molecule has 30 heavy (non-hydrogen) atoms. The van der Waals surface area contributed by atoms with E-state index in [0.717, 1.165) is 16.3 Å². The van der Waals surface area contributed by atoms with Crippen LogP contribution in [0.1, 0.15) is 11.4 Å². The minimum atomic E-state index is -0.803. The molecule has 9 nitrogen and oxygen atoms in total. The van der Waals surface area contributed by atoms with E-state index in [-0.39, 0.29) is 12.1 Å². The first-order valence-corrected chi connectivity index (χ1v) is 9.13. The minimum absolute atomic E-state index is 0.00546. The summed E-state index contributed by atoms with van der Waals surface area (Å²) in [5.74, 6) is 0.0769. The topological polar surface area (TPSA) is 126 Å².